The summed E-state index contributed by atoms with van der Waals surface area (Å²) in [5.74, 6) is -2.36. The molecule has 0 spiro atoms. The highest BCUT2D eigenvalue weighted by atomic mass is 19.1. The van der Waals surface area contributed by atoms with Crippen LogP contribution in [0.1, 0.15) is 20.8 Å². The van der Waals surface area contributed by atoms with E-state index >= 15 is 0 Å². The average molecular weight is 334 g/mol. The van der Waals surface area contributed by atoms with Crippen molar-refractivity contribution in [3.8, 4) is 0 Å². The lowest BCUT2D eigenvalue weighted by molar-refractivity contribution is 0.0991. The summed E-state index contributed by atoms with van der Waals surface area (Å²) in [7, 11) is 1.48. The normalized spacial score (nSPS) is 10.4. The number of aromatic nitrogens is 2. The van der Waals surface area contributed by atoms with Gasteiger partial charge in [0.25, 0.3) is 17.4 Å². The summed E-state index contributed by atoms with van der Waals surface area (Å²) in [4.78, 5) is 34.9. The Bertz CT molecular complexity index is 834. The number of rotatable bonds is 6. The van der Waals surface area contributed by atoms with Gasteiger partial charge in [0.2, 0.25) is 0 Å². The molecule has 9 heteroatoms. The van der Waals surface area contributed by atoms with Crippen molar-refractivity contribution in [3.05, 3.63) is 57.8 Å². The topological polar surface area (TPSA) is 116 Å². The second-order valence-corrected chi connectivity index (χ2v) is 4.79. The fourth-order valence-electron chi connectivity index (χ4n) is 1.89. The second-order valence-electron chi connectivity index (χ2n) is 4.79. The number of ether oxygens (including phenoxy) is 1. The van der Waals surface area contributed by atoms with Gasteiger partial charge in [-0.2, -0.15) is 5.10 Å². The molecule has 0 fully saturated rings. The van der Waals surface area contributed by atoms with Crippen molar-refractivity contribution in [2.75, 3.05) is 19.0 Å². The molecule has 1 aromatic carbocycles. The quantitative estimate of drug-likeness (QED) is 0.792. The fraction of sp³-hybridized carbons (Fsp3) is 0.200. The van der Waals surface area contributed by atoms with Crippen LogP contribution < -0.4 is 16.6 Å². The van der Waals surface area contributed by atoms with Crippen LogP contribution in [0.2, 0.25) is 0 Å². The molecule has 0 radical (unpaired) electrons. The molecule has 8 nitrogen and oxygen atoms in total. The molecular formula is C15H15FN4O4. The summed E-state index contributed by atoms with van der Waals surface area (Å²) >= 11 is 0. The number of amides is 2. The van der Waals surface area contributed by atoms with Crippen LogP contribution in [-0.2, 0) is 11.3 Å². The minimum atomic E-state index is -0.949. The van der Waals surface area contributed by atoms with Crippen LogP contribution in [0.5, 0.6) is 0 Å². The van der Waals surface area contributed by atoms with Gasteiger partial charge in [-0.3, -0.25) is 14.4 Å². The van der Waals surface area contributed by atoms with Crippen molar-refractivity contribution in [1.82, 2.24) is 9.78 Å². The molecular weight excluding hydrogens is 319 g/mol. The number of hydrogen-bond acceptors (Lipinski definition) is 5. The molecule has 0 saturated heterocycles. The van der Waals surface area contributed by atoms with Gasteiger partial charge in [-0.25, -0.2) is 9.07 Å². The molecule has 3 N–H and O–H groups in total. The highest BCUT2D eigenvalue weighted by Crippen LogP contribution is 2.15. The maximum atomic E-state index is 13.4. The predicted molar refractivity (Wildman–Crippen MR) is 83.2 cm³/mol. The van der Waals surface area contributed by atoms with Crippen molar-refractivity contribution in [3.63, 3.8) is 0 Å². The molecule has 2 rings (SSSR count). The lowest BCUT2D eigenvalue weighted by Gasteiger charge is -2.08. The van der Waals surface area contributed by atoms with Crippen molar-refractivity contribution in [2.24, 2.45) is 5.73 Å². The van der Waals surface area contributed by atoms with Crippen molar-refractivity contribution in [2.45, 2.75) is 6.54 Å². The first-order valence-electron chi connectivity index (χ1n) is 6.90. The van der Waals surface area contributed by atoms with E-state index in [1.54, 1.807) is 0 Å². The number of anilines is 1. The molecule has 1 heterocycles. The van der Waals surface area contributed by atoms with E-state index in [0.29, 0.717) is 0 Å². The first-order chi connectivity index (χ1) is 11.4. The van der Waals surface area contributed by atoms with E-state index in [0.717, 1.165) is 16.8 Å². The zero-order valence-electron chi connectivity index (χ0n) is 12.8. The summed E-state index contributed by atoms with van der Waals surface area (Å²) in [5.41, 5.74) is 4.49. The molecule has 0 aliphatic heterocycles. The van der Waals surface area contributed by atoms with Gasteiger partial charge < -0.3 is 15.8 Å². The predicted octanol–water partition coefficient (Wildman–Crippen LogP) is 0.380. The molecule has 24 heavy (non-hydrogen) atoms. The van der Waals surface area contributed by atoms with E-state index in [1.165, 1.54) is 25.3 Å². The highest BCUT2D eigenvalue weighted by Gasteiger charge is 2.13. The molecule has 0 aliphatic rings. The zero-order valence-corrected chi connectivity index (χ0v) is 12.8. The molecule has 0 bridgehead atoms. The van der Waals surface area contributed by atoms with Gasteiger partial charge in [-0.05, 0) is 24.3 Å². The number of halogens is 1. The summed E-state index contributed by atoms with van der Waals surface area (Å²) in [6.45, 7) is 0.455. The second kappa shape index (κ2) is 7.47. The Labute approximate surface area is 136 Å². The SMILES string of the molecule is COCCn1nc(C(=O)Nc2ccc(F)c(C(N)=O)c2)ccc1=O. The molecule has 0 atom stereocenters. The first-order valence-corrected chi connectivity index (χ1v) is 6.90. The maximum Gasteiger partial charge on any atom is 0.276 e. The number of nitrogens with two attached hydrogens (primary N) is 1. The number of benzene rings is 1. The van der Waals surface area contributed by atoms with Gasteiger partial charge in [-0.1, -0.05) is 0 Å². The van der Waals surface area contributed by atoms with Crippen LogP contribution in [0, 0.1) is 5.82 Å². The number of carbonyl (C=O) groups excluding carboxylic acids is 2. The lowest BCUT2D eigenvalue weighted by Crippen LogP contribution is -2.27. The van der Waals surface area contributed by atoms with E-state index < -0.39 is 17.6 Å². The number of primary amides is 1. The maximum absolute atomic E-state index is 13.4. The van der Waals surface area contributed by atoms with Gasteiger partial charge in [0.05, 0.1) is 18.7 Å². The zero-order chi connectivity index (χ0) is 17.7. The largest absolute Gasteiger partial charge is 0.383 e. The third-order valence-corrected chi connectivity index (χ3v) is 3.10. The number of carbonyl (C=O) groups is 2. The summed E-state index contributed by atoms with van der Waals surface area (Å²) in [6.07, 6.45) is 0. The van der Waals surface area contributed by atoms with E-state index in [1.807, 2.05) is 0 Å². The van der Waals surface area contributed by atoms with Crippen molar-refractivity contribution in [1.29, 1.82) is 0 Å². The van der Waals surface area contributed by atoms with E-state index in [9.17, 15) is 18.8 Å². The number of methoxy groups -OCH3 is 1. The molecule has 0 aliphatic carbocycles. The Morgan fingerprint density at radius 1 is 1.33 bits per heavy atom. The van der Waals surface area contributed by atoms with Crippen LogP contribution in [0.15, 0.2) is 35.1 Å². The first kappa shape index (κ1) is 17.3. The van der Waals surface area contributed by atoms with Crippen LogP contribution in [0.25, 0.3) is 0 Å². The van der Waals surface area contributed by atoms with Gasteiger partial charge in [0, 0.05) is 18.9 Å². The van der Waals surface area contributed by atoms with E-state index in [2.05, 4.69) is 10.4 Å². The minimum Gasteiger partial charge on any atom is -0.383 e. The Kier molecular flexibility index (Phi) is 5.38. The van der Waals surface area contributed by atoms with Crippen LogP contribution in [-0.4, -0.2) is 35.3 Å². The summed E-state index contributed by atoms with van der Waals surface area (Å²) in [5, 5.41) is 6.39. The molecule has 2 amide bonds. The summed E-state index contributed by atoms with van der Waals surface area (Å²) < 4.78 is 19.4. The third kappa shape index (κ3) is 4.02. The Morgan fingerprint density at radius 3 is 2.75 bits per heavy atom. The van der Waals surface area contributed by atoms with E-state index in [4.69, 9.17) is 10.5 Å². The third-order valence-electron chi connectivity index (χ3n) is 3.10. The molecule has 1 aromatic heterocycles. The highest BCUT2D eigenvalue weighted by molar-refractivity contribution is 6.03. The number of nitrogens with zero attached hydrogens (tertiary/aromatic N) is 2. The van der Waals surface area contributed by atoms with Crippen LogP contribution in [0.3, 0.4) is 0 Å². The van der Waals surface area contributed by atoms with Gasteiger partial charge >= 0.3 is 0 Å². The molecule has 2 aromatic rings. The summed E-state index contributed by atoms with van der Waals surface area (Å²) in [6, 6.07) is 5.89. The van der Waals surface area contributed by atoms with Crippen LogP contribution >= 0.6 is 0 Å². The Hall–Kier alpha value is -3.07. The standard InChI is InChI=1S/C15H15FN4O4/c1-24-7-6-20-13(21)5-4-12(19-20)15(23)18-9-2-3-11(16)10(8-9)14(17)22/h2-5,8H,6-7H2,1H3,(H2,17,22)(H,18,23). The number of nitrogens with one attached hydrogen (secondary N) is 1. The van der Waals surface area contributed by atoms with Gasteiger partial charge in [0.1, 0.15) is 11.5 Å². The number of hydrogen-bond donors (Lipinski definition) is 2. The Morgan fingerprint density at radius 2 is 2.08 bits per heavy atom. The Balaban J connectivity index is 2.22. The molecule has 0 saturated carbocycles. The van der Waals surface area contributed by atoms with Gasteiger partial charge in [0.15, 0.2) is 0 Å². The van der Waals surface area contributed by atoms with Crippen molar-refractivity contribution < 1.29 is 18.7 Å². The lowest BCUT2D eigenvalue weighted by atomic mass is 10.1. The monoisotopic (exact) mass is 334 g/mol. The fourth-order valence-corrected chi connectivity index (χ4v) is 1.89. The van der Waals surface area contributed by atoms with E-state index in [-0.39, 0.29) is 35.7 Å². The van der Waals surface area contributed by atoms with Gasteiger partial charge in [-0.15, -0.1) is 0 Å². The minimum absolute atomic E-state index is 0.0179. The van der Waals surface area contributed by atoms with Crippen LogP contribution in [0.4, 0.5) is 10.1 Å². The molecule has 126 valence electrons. The average Bonchev–Trinajstić information content (AvgIpc) is 2.55. The smallest absolute Gasteiger partial charge is 0.276 e. The molecule has 0 unspecified atom stereocenters. The van der Waals surface area contributed by atoms with Crippen molar-refractivity contribution >= 4 is 17.5 Å².